The molecule has 0 saturated heterocycles. The summed E-state index contributed by atoms with van der Waals surface area (Å²) in [5.74, 6) is 0.829. The summed E-state index contributed by atoms with van der Waals surface area (Å²) in [7, 11) is 0. The van der Waals surface area contributed by atoms with Crippen molar-refractivity contribution in [1.29, 1.82) is 0 Å². The second-order valence-electron chi connectivity index (χ2n) is 5.79. The number of fused-ring (bicyclic) bond motifs is 1. The van der Waals surface area contributed by atoms with E-state index in [4.69, 9.17) is 16.0 Å². The Morgan fingerprint density at radius 1 is 1.50 bits per heavy atom. The molecular formula is C17H18BrClFN3O. The van der Waals surface area contributed by atoms with Crippen molar-refractivity contribution in [2.24, 2.45) is 0 Å². The van der Waals surface area contributed by atoms with Gasteiger partial charge in [0.05, 0.1) is 30.2 Å². The number of nitrogens with zero attached hydrogens (tertiary/aromatic N) is 2. The molecule has 0 aromatic carbocycles. The Morgan fingerprint density at radius 3 is 2.96 bits per heavy atom. The smallest absolute Gasteiger partial charge is 0.152 e. The number of rotatable bonds is 6. The highest BCUT2D eigenvalue weighted by molar-refractivity contribution is 9.10. The Balaban J connectivity index is 2.00. The van der Waals surface area contributed by atoms with Crippen LogP contribution in [-0.4, -0.2) is 15.8 Å². The Kier molecular flexibility index (Phi) is 5.15. The van der Waals surface area contributed by atoms with Crippen LogP contribution in [0.4, 0.5) is 10.1 Å². The molecule has 0 fully saturated rings. The maximum atomic E-state index is 13.2. The monoisotopic (exact) mass is 413 g/mol. The highest BCUT2D eigenvalue weighted by Crippen LogP contribution is 2.34. The first-order chi connectivity index (χ1) is 11.5. The minimum atomic E-state index is -0.840. The van der Waals surface area contributed by atoms with Gasteiger partial charge in [0.2, 0.25) is 0 Å². The first-order valence-corrected chi connectivity index (χ1v) is 8.91. The molecule has 3 aromatic heterocycles. The van der Waals surface area contributed by atoms with Crippen molar-refractivity contribution in [2.45, 2.75) is 39.4 Å². The lowest BCUT2D eigenvalue weighted by molar-refractivity contribution is 0.341. The molecular weight excluding hydrogens is 397 g/mol. The molecule has 3 aromatic rings. The van der Waals surface area contributed by atoms with Crippen LogP contribution in [0.3, 0.4) is 0 Å². The Hall–Kier alpha value is -1.53. The molecule has 4 nitrogen and oxygen atoms in total. The molecule has 0 aliphatic carbocycles. The molecule has 0 aliphatic rings. The maximum Gasteiger partial charge on any atom is 0.152 e. The van der Waals surface area contributed by atoms with Crippen LogP contribution in [0.2, 0.25) is 5.15 Å². The zero-order valence-electron chi connectivity index (χ0n) is 13.4. The second kappa shape index (κ2) is 7.15. The third-order valence-electron chi connectivity index (χ3n) is 3.99. The van der Waals surface area contributed by atoms with Gasteiger partial charge in [-0.1, -0.05) is 11.6 Å². The van der Waals surface area contributed by atoms with E-state index in [9.17, 15) is 4.39 Å². The molecule has 7 heteroatoms. The van der Waals surface area contributed by atoms with E-state index in [0.717, 1.165) is 32.7 Å². The van der Waals surface area contributed by atoms with Gasteiger partial charge in [-0.15, -0.1) is 0 Å². The van der Waals surface area contributed by atoms with Gasteiger partial charge in [0.15, 0.2) is 5.15 Å². The van der Waals surface area contributed by atoms with E-state index in [1.54, 1.807) is 23.8 Å². The topological polar surface area (TPSA) is 42.5 Å². The fourth-order valence-corrected chi connectivity index (χ4v) is 3.71. The molecule has 0 amide bonds. The molecule has 1 atom stereocenters. The summed E-state index contributed by atoms with van der Waals surface area (Å²) in [6, 6.07) is 5.55. The van der Waals surface area contributed by atoms with Crippen LogP contribution in [0, 0.1) is 6.92 Å². The van der Waals surface area contributed by atoms with Crippen LogP contribution in [0.25, 0.3) is 5.52 Å². The number of furan rings is 1. The van der Waals surface area contributed by atoms with Gasteiger partial charge in [0.1, 0.15) is 10.4 Å². The van der Waals surface area contributed by atoms with Gasteiger partial charge in [-0.2, -0.15) is 5.10 Å². The molecule has 0 spiro atoms. The van der Waals surface area contributed by atoms with Crippen molar-refractivity contribution in [3.8, 4) is 0 Å². The number of aromatic nitrogens is 2. The SMILES string of the molecule is Cc1c(CCC(C)F)c(Br)n2nc(Cl)cc(NCc3ccco3)c12. The number of halogens is 3. The van der Waals surface area contributed by atoms with Crippen molar-refractivity contribution in [1.82, 2.24) is 9.61 Å². The van der Waals surface area contributed by atoms with Gasteiger partial charge in [-0.3, -0.25) is 0 Å². The van der Waals surface area contributed by atoms with Crippen molar-refractivity contribution in [3.05, 3.63) is 51.1 Å². The summed E-state index contributed by atoms with van der Waals surface area (Å²) in [6.45, 7) is 4.14. The van der Waals surface area contributed by atoms with Crippen LogP contribution in [0.5, 0.6) is 0 Å². The van der Waals surface area contributed by atoms with E-state index < -0.39 is 6.17 Å². The fourth-order valence-electron chi connectivity index (χ4n) is 2.77. The van der Waals surface area contributed by atoms with E-state index in [0.29, 0.717) is 24.5 Å². The van der Waals surface area contributed by atoms with Gasteiger partial charge in [-0.25, -0.2) is 8.91 Å². The van der Waals surface area contributed by atoms with Gasteiger partial charge in [0, 0.05) is 6.07 Å². The molecule has 128 valence electrons. The van der Waals surface area contributed by atoms with Crippen molar-refractivity contribution < 1.29 is 8.81 Å². The van der Waals surface area contributed by atoms with Crippen LogP contribution in [0.1, 0.15) is 30.2 Å². The highest BCUT2D eigenvalue weighted by atomic mass is 79.9. The number of alkyl halides is 1. The van der Waals surface area contributed by atoms with E-state index in [1.165, 1.54) is 0 Å². The van der Waals surface area contributed by atoms with E-state index in [1.807, 2.05) is 19.1 Å². The predicted molar refractivity (Wildman–Crippen MR) is 97.6 cm³/mol. The quantitative estimate of drug-likeness (QED) is 0.574. The lowest BCUT2D eigenvalue weighted by atomic mass is 10.1. The minimum Gasteiger partial charge on any atom is -0.467 e. The van der Waals surface area contributed by atoms with Gasteiger partial charge in [-0.05, 0) is 65.9 Å². The van der Waals surface area contributed by atoms with Crippen LogP contribution in [-0.2, 0) is 13.0 Å². The standard InChI is InChI=1S/C17H18BrClFN3O/c1-10(20)5-6-13-11(2)16-14(21-9-12-4-3-7-24-12)8-15(19)22-23(16)17(13)18/h3-4,7-8,10,21H,5-6,9H2,1-2H3. The molecule has 3 rings (SSSR count). The number of hydrogen-bond acceptors (Lipinski definition) is 3. The van der Waals surface area contributed by atoms with Crippen LogP contribution < -0.4 is 5.32 Å². The third-order valence-corrected chi connectivity index (χ3v) is 4.99. The zero-order valence-corrected chi connectivity index (χ0v) is 15.8. The zero-order chi connectivity index (χ0) is 17.3. The fraction of sp³-hybridized carbons (Fsp3) is 0.353. The Labute approximate surface area is 153 Å². The molecule has 0 aliphatic heterocycles. The van der Waals surface area contributed by atoms with E-state index in [-0.39, 0.29) is 0 Å². The molecule has 3 heterocycles. The largest absolute Gasteiger partial charge is 0.467 e. The summed E-state index contributed by atoms with van der Waals surface area (Å²) in [5.41, 5.74) is 3.91. The summed E-state index contributed by atoms with van der Waals surface area (Å²) in [5, 5.41) is 8.09. The number of aryl methyl sites for hydroxylation is 1. The van der Waals surface area contributed by atoms with E-state index in [2.05, 4.69) is 26.3 Å². The van der Waals surface area contributed by atoms with Crippen LogP contribution >= 0.6 is 27.5 Å². The summed E-state index contributed by atoms with van der Waals surface area (Å²) in [6.07, 6.45) is 1.91. The highest BCUT2D eigenvalue weighted by Gasteiger charge is 2.19. The van der Waals surface area contributed by atoms with E-state index >= 15 is 0 Å². The first kappa shape index (κ1) is 17.3. The molecule has 0 bridgehead atoms. The maximum absolute atomic E-state index is 13.2. The number of anilines is 1. The molecule has 24 heavy (non-hydrogen) atoms. The summed E-state index contributed by atoms with van der Waals surface area (Å²) < 4.78 is 21.2. The molecule has 1 N–H and O–H groups in total. The summed E-state index contributed by atoms with van der Waals surface area (Å²) in [4.78, 5) is 0. The minimum absolute atomic E-state index is 0.380. The summed E-state index contributed by atoms with van der Waals surface area (Å²) >= 11 is 9.75. The lowest BCUT2D eigenvalue weighted by Crippen LogP contribution is -2.03. The predicted octanol–water partition coefficient (Wildman–Crippen LogP) is 5.55. The second-order valence-corrected chi connectivity index (χ2v) is 6.93. The molecule has 0 radical (unpaired) electrons. The first-order valence-electron chi connectivity index (χ1n) is 7.74. The van der Waals surface area contributed by atoms with Crippen LogP contribution in [0.15, 0.2) is 33.5 Å². The molecule has 0 saturated carbocycles. The number of hydrogen-bond donors (Lipinski definition) is 1. The average molecular weight is 415 g/mol. The van der Waals surface area contributed by atoms with Gasteiger partial charge in [0.25, 0.3) is 0 Å². The Bertz CT molecular complexity index is 846. The number of nitrogens with one attached hydrogen (secondary N) is 1. The third kappa shape index (κ3) is 3.44. The van der Waals surface area contributed by atoms with Crippen molar-refractivity contribution in [3.63, 3.8) is 0 Å². The lowest BCUT2D eigenvalue weighted by Gasteiger charge is -2.09. The van der Waals surface area contributed by atoms with Crippen molar-refractivity contribution >= 4 is 38.7 Å². The van der Waals surface area contributed by atoms with Gasteiger partial charge >= 0.3 is 0 Å². The van der Waals surface area contributed by atoms with Gasteiger partial charge < -0.3 is 9.73 Å². The van der Waals surface area contributed by atoms with Crippen molar-refractivity contribution in [2.75, 3.05) is 5.32 Å². The normalized spacial score (nSPS) is 12.7. The average Bonchev–Trinajstić information content (AvgIpc) is 3.12. The molecule has 1 unspecified atom stereocenters. The Morgan fingerprint density at radius 2 is 2.29 bits per heavy atom.